The molecule has 88 valence electrons. The Hall–Kier alpha value is -0.170. The van der Waals surface area contributed by atoms with Crippen molar-refractivity contribution in [2.24, 2.45) is 5.73 Å². The molecule has 0 aliphatic rings. The van der Waals surface area contributed by atoms with Gasteiger partial charge in [0.25, 0.3) is 10.1 Å². The van der Waals surface area contributed by atoms with Crippen LogP contribution in [0.25, 0.3) is 0 Å². The van der Waals surface area contributed by atoms with Crippen molar-refractivity contribution < 1.29 is 13.0 Å². The molecule has 0 amide bonds. The van der Waals surface area contributed by atoms with Crippen molar-refractivity contribution in [3.05, 3.63) is 0 Å². The number of hydrogen-bond donors (Lipinski definition) is 3. The fraction of sp³-hybridized carbons (Fsp3) is 1.00. The number of unbranched alkanes of at least 4 members (excludes halogenated alkanes) is 2. The molecule has 0 aliphatic heterocycles. The molecule has 0 atom stereocenters. The molecule has 0 radical (unpaired) electrons. The lowest BCUT2D eigenvalue weighted by Gasteiger charge is -1.93. The van der Waals surface area contributed by atoms with Crippen molar-refractivity contribution in [1.82, 2.24) is 5.32 Å². The summed E-state index contributed by atoms with van der Waals surface area (Å²) in [5.41, 5.74) is 4.78. The molecular weight excluding hydrogens is 204 g/mol. The summed E-state index contributed by atoms with van der Waals surface area (Å²) in [5, 5.41) is 3.10. The van der Waals surface area contributed by atoms with Gasteiger partial charge in [0.2, 0.25) is 0 Å². The van der Waals surface area contributed by atoms with E-state index in [2.05, 4.69) is 12.2 Å². The zero-order chi connectivity index (χ0) is 11.4. The van der Waals surface area contributed by atoms with Crippen LogP contribution in [0.3, 0.4) is 0 Å². The second-order valence-corrected chi connectivity index (χ2v) is 4.46. The molecule has 0 aliphatic carbocycles. The van der Waals surface area contributed by atoms with Gasteiger partial charge in [-0.2, -0.15) is 8.42 Å². The molecule has 0 heterocycles. The van der Waals surface area contributed by atoms with Gasteiger partial charge in [0.05, 0.1) is 5.75 Å². The maximum atomic E-state index is 9.71. The predicted molar refractivity (Wildman–Crippen MR) is 58.9 cm³/mol. The third kappa shape index (κ3) is 22.6. The van der Waals surface area contributed by atoms with Gasteiger partial charge in [-0.25, -0.2) is 0 Å². The second kappa shape index (κ2) is 10.9. The van der Waals surface area contributed by atoms with Crippen LogP contribution in [0.15, 0.2) is 0 Å². The van der Waals surface area contributed by atoms with Crippen molar-refractivity contribution in [2.45, 2.75) is 26.2 Å². The Bertz CT molecular complexity index is 189. The molecule has 14 heavy (non-hydrogen) atoms. The number of rotatable bonds is 6. The zero-order valence-electron chi connectivity index (χ0n) is 8.99. The molecule has 0 aromatic rings. The summed E-state index contributed by atoms with van der Waals surface area (Å²) in [6.07, 6.45) is 4.01. The monoisotopic (exact) mass is 226 g/mol. The van der Waals surface area contributed by atoms with Gasteiger partial charge in [0, 0.05) is 6.54 Å². The molecular formula is C8H22N2O3S. The van der Waals surface area contributed by atoms with E-state index in [0.717, 1.165) is 0 Å². The van der Waals surface area contributed by atoms with Crippen LogP contribution in [-0.2, 0) is 10.1 Å². The Kier molecular flexibility index (Phi) is 12.7. The molecule has 4 N–H and O–H groups in total. The number of nitrogens with two attached hydrogens (primary N) is 1. The SMILES string of the molecule is CCCCCNC.NCCS(=O)(=O)O. The summed E-state index contributed by atoms with van der Waals surface area (Å²) in [6.45, 7) is 3.36. The van der Waals surface area contributed by atoms with Gasteiger partial charge in [0.15, 0.2) is 0 Å². The van der Waals surface area contributed by atoms with E-state index in [9.17, 15) is 8.42 Å². The third-order valence-electron chi connectivity index (χ3n) is 1.41. The summed E-state index contributed by atoms with van der Waals surface area (Å²) >= 11 is 0. The molecule has 0 saturated carbocycles. The zero-order valence-corrected chi connectivity index (χ0v) is 9.81. The number of nitrogens with one attached hydrogen (secondary N) is 1. The highest BCUT2D eigenvalue weighted by molar-refractivity contribution is 7.85. The quantitative estimate of drug-likeness (QED) is 0.445. The Morgan fingerprint density at radius 1 is 1.36 bits per heavy atom. The Balaban J connectivity index is 0. The molecule has 0 aromatic carbocycles. The lowest BCUT2D eigenvalue weighted by Crippen LogP contribution is -2.13. The van der Waals surface area contributed by atoms with Gasteiger partial charge in [-0.3, -0.25) is 4.55 Å². The lowest BCUT2D eigenvalue weighted by atomic mass is 10.2. The van der Waals surface area contributed by atoms with E-state index >= 15 is 0 Å². The minimum atomic E-state index is -3.80. The van der Waals surface area contributed by atoms with E-state index in [1.54, 1.807) is 0 Å². The Morgan fingerprint density at radius 3 is 2.14 bits per heavy atom. The molecule has 0 unspecified atom stereocenters. The smallest absolute Gasteiger partial charge is 0.266 e. The topological polar surface area (TPSA) is 92.4 Å². The maximum absolute atomic E-state index is 9.71. The highest BCUT2D eigenvalue weighted by atomic mass is 32.2. The van der Waals surface area contributed by atoms with Gasteiger partial charge >= 0.3 is 0 Å². The van der Waals surface area contributed by atoms with Crippen LogP contribution in [0.2, 0.25) is 0 Å². The van der Waals surface area contributed by atoms with Gasteiger partial charge in [-0.05, 0) is 20.0 Å². The highest BCUT2D eigenvalue weighted by Gasteiger charge is 1.98. The van der Waals surface area contributed by atoms with Crippen molar-refractivity contribution in [3.63, 3.8) is 0 Å². The van der Waals surface area contributed by atoms with Crippen LogP contribution >= 0.6 is 0 Å². The van der Waals surface area contributed by atoms with Crippen LogP contribution in [0.1, 0.15) is 26.2 Å². The standard InChI is InChI=1S/C6H15N.C2H7NO3S/c1-3-4-5-6-7-2;3-1-2-7(4,5)6/h7H,3-6H2,1-2H3;1-3H2,(H,4,5,6). The van der Waals surface area contributed by atoms with E-state index < -0.39 is 10.1 Å². The molecule has 0 fully saturated rings. The molecule has 5 nitrogen and oxygen atoms in total. The fourth-order valence-corrected chi connectivity index (χ4v) is 0.999. The Morgan fingerprint density at radius 2 is 1.93 bits per heavy atom. The largest absolute Gasteiger partial charge is 0.329 e. The molecule has 0 aromatic heterocycles. The van der Waals surface area contributed by atoms with Gasteiger partial charge < -0.3 is 11.1 Å². The maximum Gasteiger partial charge on any atom is 0.266 e. The van der Waals surface area contributed by atoms with E-state index in [1.807, 2.05) is 7.05 Å². The lowest BCUT2D eigenvalue weighted by molar-refractivity contribution is 0.483. The molecule has 6 heteroatoms. The van der Waals surface area contributed by atoms with Crippen LogP contribution in [0.5, 0.6) is 0 Å². The average Bonchev–Trinajstić information content (AvgIpc) is 2.04. The first kappa shape index (κ1) is 16.3. The van der Waals surface area contributed by atoms with Crippen LogP contribution in [0.4, 0.5) is 0 Å². The van der Waals surface area contributed by atoms with Crippen molar-refractivity contribution in [1.29, 1.82) is 0 Å². The van der Waals surface area contributed by atoms with E-state index in [1.165, 1.54) is 25.8 Å². The van der Waals surface area contributed by atoms with E-state index in [-0.39, 0.29) is 12.3 Å². The summed E-state index contributed by atoms with van der Waals surface area (Å²) < 4.78 is 27.3. The predicted octanol–water partition coefficient (Wildman–Crippen LogP) is 0.229. The van der Waals surface area contributed by atoms with Crippen LogP contribution < -0.4 is 11.1 Å². The average molecular weight is 226 g/mol. The van der Waals surface area contributed by atoms with Crippen molar-refractivity contribution in [3.8, 4) is 0 Å². The third-order valence-corrected chi connectivity index (χ3v) is 2.16. The van der Waals surface area contributed by atoms with Crippen molar-refractivity contribution in [2.75, 3.05) is 25.9 Å². The first-order valence-electron chi connectivity index (χ1n) is 4.77. The van der Waals surface area contributed by atoms with Gasteiger partial charge in [0.1, 0.15) is 0 Å². The first-order valence-corrected chi connectivity index (χ1v) is 6.38. The summed E-state index contributed by atoms with van der Waals surface area (Å²) in [4.78, 5) is 0. The van der Waals surface area contributed by atoms with E-state index in [0.29, 0.717) is 0 Å². The second-order valence-electron chi connectivity index (χ2n) is 2.89. The summed E-state index contributed by atoms with van der Waals surface area (Å²) in [7, 11) is -1.80. The van der Waals surface area contributed by atoms with E-state index in [4.69, 9.17) is 10.3 Å². The van der Waals surface area contributed by atoms with Gasteiger partial charge in [-0.1, -0.05) is 19.8 Å². The Labute approximate surface area is 86.8 Å². The van der Waals surface area contributed by atoms with Gasteiger partial charge in [-0.15, -0.1) is 0 Å². The van der Waals surface area contributed by atoms with Crippen LogP contribution in [0, 0.1) is 0 Å². The minimum Gasteiger partial charge on any atom is -0.329 e. The fourth-order valence-electron chi connectivity index (χ4n) is 0.701. The molecule has 0 bridgehead atoms. The van der Waals surface area contributed by atoms with Crippen LogP contribution in [-0.4, -0.2) is 38.9 Å². The molecule has 0 rings (SSSR count). The molecule has 0 saturated heterocycles. The normalized spacial score (nSPS) is 10.6. The first-order chi connectivity index (χ1) is 6.47. The highest BCUT2D eigenvalue weighted by Crippen LogP contribution is 1.89. The number of hydrogen-bond acceptors (Lipinski definition) is 4. The van der Waals surface area contributed by atoms with Crippen molar-refractivity contribution >= 4 is 10.1 Å². The minimum absolute atomic E-state index is 0.0289. The summed E-state index contributed by atoms with van der Waals surface area (Å²) in [6, 6.07) is 0. The summed E-state index contributed by atoms with van der Waals surface area (Å²) in [5.74, 6) is -0.354. The molecule has 0 spiro atoms.